The Labute approximate surface area is 297 Å². The van der Waals surface area contributed by atoms with Gasteiger partial charge in [0.25, 0.3) is 0 Å². The number of fused-ring (bicyclic) bond motifs is 3. The minimum absolute atomic E-state index is 0.0727. The van der Waals surface area contributed by atoms with E-state index in [0.29, 0.717) is 25.1 Å². The first-order valence-electron chi connectivity index (χ1n) is 17.8. The summed E-state index contributed by atoms with van der Waals surface area (Å²) in [5, 5.41) is 1.51. The number of carbonyl (C=O) groups is 2. The Hall–Kier alpha value is -3.58. The highest BCUT2D eigenvalue weighted by atomic mass is 32.1. The fraction of sp³-hybridized carbons (Fsp3) is 0.553. The molecule has 4 fully saturated rings. The molecule has 2 aliphatic carbocycles. The number of ether oxygens (including phenoxy) is 2. The predicted molar refractivity (Wildman–Crippen MR) is 180 cm³/mol. The summed E-state index contributed by atoms with van der Waals surface area (Å²) in [4.78, 5) is 35.3. The summed E-state index contributed by atoms with van der Waals surface area (Å²) in [5.41, 5.74) is 1.96. The zero-order valence-corrected chi connectivity index (χ0v) is 28.9. The number of amides is 2. The fourth-order valence-electron chi connectivity index (χ4n) is 8.86. The average molecular weight is 730 g/mol. The fourth-order valence-corrected chi connectivity index (χ4v) is 10.0. The minimum Gasteiger partial charge on any atom is -0.448 e. The maximum Gasteiger partial charge on any atom is 0.410 e. The molecule has 1 spiro atoms. The highest BCUT2D eigenvalue weighted by Gasteiger charge is 2.60. The number of halogens is 5. The van der Waals surface area contributed by atoms with Gasteiger partial charge in [0, 0.05) is 49.6 Å². The van der Waals surface area contributed by atoms with E-state index in [1.54, 1.807) is 5.38 Å². The van der Waals surface area contributed by atoms with Crippen LogP contribution in [0.25, 0.3) is 11.1 Å². The van der Waals surface area contributed by atoms with E-state index in [9.17, 15) is 31.5 Å². The Morgan fingerprint density at radius 1 is 0.902 bits per heavy atom. The van der Waals surface area contributed by atoms with Gasteiger partial charge in [-0.1, -0.05) is 48.5 Å². The SMILES string of the molecule is O=C([C@@H]1CC[C@@]2(CCO2)CN1C(=O)OCC1c2ccccc2-c2ccccc21)N1CCC(c2nc(C3CCC(F)(F)CC3)cs2)(C(F)(F)F)CC1. The number of benzene rings is 2. The van der Waals surface area contributed by atoms with Crippen molar-refractivity contribution < 1.29 is 41.0 Å². The topological polar surface area (TPSA) is 72.0 Å². The number of nitrogens with zero attached hydrogens (tertiary/aromatic N) is 3. The lowest BCUT2D eigenvalue weighted by molar-refractivity contribution is -0.205. The summed E-state index contributed by atoms with van der Waals surface area (Å²) in [6.45, 7) is 0.512. The Balaban J connectivity index is 0.969. The first-order valence-corrected chi connectivity index (χ1v) is 18.7. The number of aromatic nitrogens is 1. The highest BCUT2D eigenvalue weighted by Crippen LogP contribution is 2.51. The van der Waals surface area contributed by atoms with Crippen LogP contribution in [0, 0.1) is 0 Å². The van der Waals surface area contributed by atoms with E-state index in [-0.39, 0.29) is 81.6 Å². The smallest absolute Gasteiger partial charge is 0.410 e. The minimum atomic E-state index is -4.62. The molecule has 1 aromatic heterocycles. The van der Waals surface area contributed by atoms with Gasteiger partial charge in [-0.05, 0) is 60.8 Å². The van der Waals surface area contributed by atoms with Crippen molar-refractivity contribution in [2.24, 2.45) is 0 Å². The second-order valence-corrected chi connectivity index (χ2v) is 15.7. The Kier molecular flexibility index (Phi) is 8.67. The van der Waals surface area contributed by atoms with Crippen LogP contribution in [0.2, 0.25) is 0 Å². The summed E-state index contributed by atoms with van der Waals surface area (Å²) >= 11 is 0.928. The van der Waals surface area contributed by atoms with Gasteiger partial charge in [0.15, 0.2) is 0 Å². The number of rotatable bonds is 5. The number of hydrogen-bond acceptors (Lipinski definition) is 6. The zero-order valence-electron chi connectivity index (χ0n) is 28.1. The molecule has 2 aromatic carbocycles. The summed E-state index contributed by atoms with van der Waals surface area (Å²) in [5.74, 6) is -3.60. The number of hydrogen-bond donors (Lipinski definition) is 0. The van der Waals surface area contributed by atoms with Crippen LogP contribution in [0.3, 0.4) is 0 Å². The first kappa shape index (κ1) is 34.5. The van der Waals surface area contributed by atoms with Crippen LogP contribution in [0.15, 0.2) is 53.9 Å². The van der Waals surface area contributed by atoms with Gasteiger partial charge in [-0.25, -0.2) is 18.6 Å². The van der Waals surface area contributed by atoms with Crippen LogP contribution in [0.1, 0.15) is 91.5 Å². The van der Waals surface area contributed by atoms with Crippen LogP contribution in [0.5, 0.6) is 0 Å². The van der Waals surface area contributed by atoms with E-state index >= 15 is 0 Å². The lowest BCUT2D eigenvalue weighted by Gasteiger charge is -2.51. The van der Waals surface area contributed by atoms with Gasteiger partial charge in [0.1, 0.15) is 23.1 Å². The van der Waals surface area contributed by atoms with E-state index < -0.39 is 41.2 Å². The number of alkyl halides is 5. The van der Waals surface area contributed by atoms with Crippen LogP contribution in [-0.2, 0) is 19.7 Å². The summed E-state index contributed by atoms with van der Waals surface area (Å²) in [6, 6.07) is 15.1. The van der Waals surface area contributed by atoms with Crippen molar-refractivity contribution >= 4 is 23.3 Å². The van der Waals surface area contributed by atoms with E-state index in [1.807, 2.05) is 48.5 Å². The van der Waals surface area contributed by atoms with Crippen molar-refractivity contribution in [3.63, 3.8) is 0 Å². The second-order valence-electron chi connectivity index (χ2n) is 14.9. The Morgan fingerprint density at radius 2 is 1.53 bits per heavy atom. The molecule has 8 rings (SSSR count). The normalized spacial score (nSPS) is 26.0. The standard InChI is InChI=1S/C38H40F5N3O4S/c39-37(40)13-9-24(10-14-37)30-22-51-33(44-30)36(38(41,42)43)15-18-45(19-16-36)32(47)31-11-12-35(17-20-50-35)23-46(31)34(48)49-21-29-27-7-3-1-5-25(27)26-6-2-4-8-28(26)29/h1-8,22,24,29,31H,9-21,23H2/t31-,35+/m0/s1. The van der Waals surface area contributed by atoms with Crippen LogP contribution in [0.4, 0.5) is 26.7 Å². The molecule has 13 heteroatoms. The third kappa shape index (κ3) is 6.11. The molecule has 1 saturated carbocycles. The van der Waals surface area contributed by atoms with Crippen molar-refractivity contribution in [2.45, 2.75) is 98.8 Å². The molecule has 3 aromatic rings. The molecule has 3 saturated heterocycles. The monoisotopic (exact) mass is 729 g/mol. The molecular weight excluding hydrogens is 689 g/mol. The summed E-state index contributed by atoms with van der Waals surface area (Å²) in [7, 11) is 0. The van der Waals surface area contributed by atoms with Crippen molar-refractivity contribution in [1.29, 1.82) is 0 Å². The molecule has 272 valence electrons. The first-order chi connectivity index (χ1) is 24.4. The molecule has 0 unspecified atom stereocenters. The lowest BCUT2D eigenvalue weighted by atomic mass is 9.77. The largest absolute Gasteiger partial charge is 0.448 e. The molecule has 2 atom stereocenters. The molecular formula is C38H40F5N3O4S. The quantitative estimate of drug-likeness (QED) is 0.247. The molecule has 51 heavy (non-hydrogen) atoms. The van der Waals surface area contributed by atoms with Crippen molar-refractivity contribution in [3.8, 4) is 11.1 Å². The van der Waals surface area contributed by atoms with E-state index in [0.717, 1.165) is 40.0 Å². The van der Waals surface area contributed by atoms with Crippen LogP contribution in [-0.4, -0.2) is 83.4 Å². The van der Waals surface area contributed by atoms with Gasteiger partial charge in [0.2, 0.25) is 11.8 Å². The highest BCUT2D eigenvalue weighted by molar-refractivity contribution is 7.09. The van der Waals surface area contributed by atoms with Crippen molar-refractivity contribution in [2.75, 3.05) is 32.8 Å². The van der Waals surface area contributed by atoms with Crippen molar-refractivity contribution in [1.82, 2.24) is 14.8 Å². The van der Waals surface area contributed by atoms with Gasteiger partial charge in [-0.2, -0.15) is 13.2 Å². The molecule has 0 radical (unpaired) electrons. The molecule has 4 heterocycles. The van der Waals surface area contributed by atoms with Gasteiger partial charge in [-0.15, -0.1) is 11.3 Å². The third-order valence-corrected chi connectivity index (χ3v) is 13.1. The molecule has 0 N–H and O–H groups in total. The maximum atomic E-state index is 14.9. The van der Waals surface area contributed by atoms with Crippen molar-refractivity contribution in [3.05, 3.63) is 75.7 Å². The molecule has 5 aliphatic rings. The number of likely N-dealkylation sites (tertiary alicyclic amines) is 2. The van der Waals surface area contributed by atoms with Gasteiger partial charge >= 0.3 is 12.3 Å². The average Bonchev–Trinajstić information content (AvgIpc) is 3.73. The maximum absolute atomic E-state index is 14.9. The Morgan fingerprint density at radius 3 is 2.12 bits per heavy atom. The van der Waals surface area contributed by atoms with Gasteiger partial charge in [-0.3, -0.25) is 9.69 Å². The van der Waals surface area contributed by atoms with Crippen LogP contribution < -0.4 is 0 Å². The second kappa shape index (κ2) is 12.8. The van der Waals surface area contributed by atoms with Gasteiger partial charge in [0.05, 0.1) is 24.4 Å². The number of piperidine rings is 2. The van der Waals surface area contributed by atoms with Gasteiger partial charge < -0.3 is 14.4 Å². The number of carbonyl (C=O) groups excluding carboxylic acids is 2. The van der Waals surface area contributed by atoms with E-state index in [1.165, 1.54) is 9.80 Å². The molecule has 0 bridgehead atoms. The molecule has 2 amide bonds. The predicted octanol–water partition coefficient (Wildman–Crippen LogP) is 8.43. The lowest BCUT2D eigenvalue weighted by Crippen LogP contribution is -2.64. The summed E-state index contributed by atoms with van der Waals surface area (Å²) < 4.78 is 84.0. The van der Waals surface area contributed by atoms with E-state index in [4.69, 9.17) is 9.47 Å². The third-order valence-electron chi connectivity index (χ3n) is 12.1. The van der Waals surface area contributed by atoms with Crippen LogP contribution >= 0.6 is 11.3 Å². The number of thiazole rings is 1. The summed E-state index contributed by atoms with van der Waals surface area (Å²) in [6.07, 6.45) is -4.60. The molecule has 7 nitrogen and oxygen atoms in total. The Bertz CT molecular complexity index is 1750. The zero-order chi connectivity index (χ0) is 35.6. The molecule has 3 aliphatic heterocycles. The van der Waals surface area contributed by atoms with E-state index in [2.05, 4.69) is 4.98 Å².